The molecule has 0 radical (unpaired) electrons. The smallest absolute Gasteiger partial charge is 0.325 e. The van der Waals surface area contributed by atoms with E-state index in [4.69, 9.17) is 11.6 Å². The molecule has 0 spiro atoms. The highest BCUT2D eigenvalue weighted by atomic mass is 35.5. The molecule has 0 unspecified atom stereocenters. The normalized spacial score (nSPS) is 11.3. The number of alkyl halides is 3. The second-order valence-electron chi connectivity index (χ2n) is 4.75. The Morgan fingerprint density at radius 3 is 2.48 bits per heavy atom. The molecule has 0 saturated heterocycles. The summed E-state index contributed by atoms with van der Waals surface area (Å²) in [5.74, 6) is 0.426. The molecular formula is C16H13ClF3NOS. The molecule has 0 aliphatic heterocycles. The summed E-state index contributed by atoms with van der Waals surface area (Å²) in [5.41, 5.74) is 0.368. The Morgan fingerprint density at radius 1 is 1.13 bits per heavy atom. The lowest BCUT2D eigenvalue weighted by Crippen LogP contribution is -2.15. The van der Waals surface area contributed by atoms with Gasteiger partial charge in [0.2, 0.25) is 5.91 Å². The molecule has 0 heterocycles. The summed E-state index contributed by atoms with van der Waals surface area (Å²) in [5, 5.41) is 3.11. The second-order valence-corrected chi connectivity index (χ2v) is 6.17. The molecule has 2 nitrogen and oxygen atoms in total. The van der Waals surface area contributed by atoms with Gasteiger partial charge in [-0.3, -0.25) is 4.79 Å². The topological polar surface area (TPSA) is 29.1 Å². The number of hydrogen-bond acceptors (Lipinski definition) is 2. The molecule has 1 amide bonds. The van der Waals surface area contributed by atoms with Gasteiger partial charge in [-0.25, -0.2) is 0 Å². The highest BCUT2D eigenvalue weighted by Crippen LogP contribution is 2.30. The largest absolute Gasteiger partial charge is 0.416 e. The lowest BCUT2D eigenvalue weighted by atomic mass is 10.2. The van der Waals surface area contributed by atoms with Gasteiger partial charge in [0, 0.05) is 16.5 Å². The highest BCUT2D eigenvalue weighted by molar-refractivity contribution is 7.99. The monoisotopic (exact) mass is 359 g/mol. The summed E-state index contributed by atoms with van der Waals surface area (Å²) in [4.78, 5) is 11.8. The maximum absolute atomic E-state index is 12.6. The fraction of sp³-hybridized carbons (Fsp3) is 0.188. The van der Waals surface area contributed by atoms with Gasteiger partial charge in [-0.15, -0.1) is 11.8 Å². The molecule has 0 aliphatic rings. The van der Waals surface area contributed by atoms with Crippen LogP contribution in [0.5, 0.6) is 0 Å². The van der Waals surface area contributed by atoms with Crippen LogP contribution in [0, 0.1) is 0 Å². The van der Waals surface area contributed by atoms with E-state index in [0.29, 0.717) is 10.8 Å². The molecule has 0 atom stereocenters. The van der Waals surface area contributed by atoms with Crippen molar-refractivity contribution in [1.29, 1.82) is 0 Å². The number of nitrogens with one attached hydrogen (secondary N) is 1. The van der Waals surface area contributed by atoms with Crippen LogP contribution < -0.4 is 5.32 Å². The molecule has 2 rings (SSSR count). The first-order valence-corrected chi connectivity index (χ1v) is 8.17. The molecule has 2 aromatic rings. The minimum atomic E-state index is -4.43. The number of benzene rings is 2. The number of thioether (sulfide) groups is 1. The van der Waals surface area contributed by atoms with Gasteiger partial charge in [-0.1, -0.05) is 29.8 Å². The third kappa shape index (κ3) is 5.80. The van der Waals surface area contributed by atoms with Crippen LogP contribution in [0.3, 0.4) is 0 Å². The Bertz CT molecular complexity index is 674. The number of carbonyl (C=O) groups is 1. The number of rotatable bonds is 5. The first-order chi connectivity index (χ1) is 10.8. The number of hydrogen-bond donors (Lipinski definition) is 1. The van der Waals surface area contributed by atoms with Crippen molar-refractivity contribution in [2.24, 2.45) is 0 Å². The highest BCUT2D eigenvalue weighted by Gasteiger charge is 2.30. The maximum atomic E-state index is 12.6. The van der Waals surface area contributed by atoms with Crippen LogP contribution in [-0.2, 0) is 16.7 Å². The summed E-state index contributed by atoms with van der Waals surface area (Å²) in [6, 6.07) is 11.8. The van der Waals surface area contributed by atoms with Gasteiger partial charge in [0.15, 0.2) is 0 Å². The molecule has 23 heavy (non-hydrogen) atoms. The molecule has 1 N–H and O–H groups in total. The van der Waals surface area contributed by atoms with Crippen LogP contribution in [0.25, 0.3) is 0 Å². The Kier molecular flexibility index (Phi) is 5.96. The van der Waals surface area contributed by atoms with Crippen LogP contribution in [0.4, 0.5) is 18.9 Å². The zero-order valence-corrected chi connectivity index (χ0v) is 13.4. The fourth-order valence-corrected chi connectivity index (χ4v) is 2.73. The van der Waals surface area contributed by atoms with Gasteiger partial charge in [0.05, 0.1) is 11.3 Å². The van der Waals surface area contributed by atoms with E-state index in [0.717, 1.165) is 17.7 Å². The summed E-state index contributed by atoms with van der Waals surface area (Å²) in [7, 11) is 0. The van der Waals surface area contributed by atoms with E-state index < -0.39 is 11.7 Å². The summed E-state index contributed by atoms with van der Waals surface area (Å²) >= 11 is 7.15. The van der Waals surface area contributed by atoms with E-state index in [9.17, 15) is 18.0 Å². The second kappa shape index (κ2) is 7.75. The van der Waals surface area contributed by atoms with E-state index in [-0.39, 0.29) is 17.3 Å². The molecule has 0 saturated carbocycles. The molecule has 0 bridgehead atoms. The van der Waals surface area contributed by atoms with E-state index in [1.165, 1.54) is 23.9 Å². The van der Waals surface area contributed by atoms with Gasteiger partial charge in [0.25, 0.3) is 0 Å². The number of carbonyl (C=O) groups excluding carboxylic acids is 1. The first kappa shape index (κ1) is 17.7. The Morgan fingerprint density at radius 2 is 1.83 bits per heavy atom. The van der Waals surface area contributed by atoms with Crippen LogP contribution >= 0.6 is 23.4 Å². The SMILES string of the molecule is O=C(CSCc1ccc(Cl)cc1)Nc1cccc(C(F)(F)F)c1. The van der Waals surface area contributed by atoms with E-state index in [1.54, 1.807) is 12.1 Å². The maximum Gasteiger partial charge on any atom is 0.416 e. The van der Waals surface area contributed by atoms with Crippen molar-refractivity contribution in [1.82, 2.24) is 0 Å². The van der Waals surface area contributed by atoms with Crippen LogP contribution in [-0.4, -0.2) is 11.7 Å². The van der Waals surface area contributed by atoms with Gasteiger partial charge in [-0.2, -0.15) is 13.2 Å². The minimum Gasteiger partial charge on any atom is -0.325 e. The predicted molar refractivity (Wildman–Crippen MR) is 87.7 cm³/mol. The molecule has 0 aromatic heterocycles. The summed E-state index contributed by atoms with van der Waals surface area (Å²) in [6.07, 6.45) is -4.43. The van der Waals surface area contributed by atoms with Crippen molar-refractivity contribution in [3.05, 3.63) is 64.7 Å². The standard InChI is InChI=1S/C16H13ClF3NOS/c17-13-6-4-11(5-7-13)9-23-10-15(22)21-14-3-1-2-12(8-14)16(18,19)20/h1-8H,9-10H2,(H,21,22). The summed E-state index contributed by atoms with van der Waals surface area (Å²) in [6.45, 7) is 0. The molecule has 2 aromatic carbocycles. The third-order valence-electron chi connectivity index (χ3n) is 2.89. The average Bonchev–Trinajstić information content (AvgIpc) is 2.49. The van der Waals surface area contributed by atoms with Crippen molar-refractivity contribution in [2.75, 3.05) is 11.1 Å². The number of amides is 1. The quantitative estimate of drug-likeness (QED) is 0.791. The van der Waals surface area contributed by atoms with Crippen molar-refractivity contribution in [2.45, 2.75) is 11.9 Å². The van der Waals surface area contributed by atoms with E-state index >= 15 is 0 Å². The van der Waals surface area contributed by atoms with Crippen molar-refractivity contribution < 1.29 is 18.0 Å². The zero-order valence-electron chi connectivity index (χ0n) is 11.9. The summed E-state index contributed by atoms with van der Waals surface area (Å²) < 4.78 is 37.8. The Balaban J connectivity index is 1.84. The van der Waals surface area contributed by atoms with Crippen molar-refractivity contribution in [3.8, 4) is 0 Å². The average molecular weight is 360 g/mol. The van der Waals surface area contributed by atoms with Crippen molar-refractivity contribution in [3.63, 3.8) is 0 Å². The van der Waals surface area contributed by atoms with Crippen LogP contribution in [0.1, 0.15) is 11.1 Å². The fourth-order valence-electron chi connectivity index (χ4n) is 1.81. The van der Waals surface area contributed by atoms with Crippen LogP contribution in [0.15, 0.2) is 48.5 Å². The Hall–Kier alpha value is -1.66. The molecule has 122 valence electrons. The molecule has 0 fully saturated rings. The van der Waals surface area contributed by atoms with Crippen molar-refractivity contribution >= 4 is 35.0 Å². The minimum absolute atomic E-state index is 0.136. The molecule has 7 heteroatoms. The predicted octanol–water partition coefficient (Wildman–Crippen LogP) is 5.23. The third-order valence-corrected chi connectivity index (χ3v) is 4.14. The zero-order chi connectivity index (χ0) is 16.9. The Labute approximate surface area is 141 Å². The van der Waals surface area contributed by atoms with E-state index in [2.05, 4.69) is 5.32 Å². The molecular weight excluding hydrogens is 347 g/mol. The van der Waals surface area contributed by atoms with Gasteiger partial charge >= 0.3 is 6.18 Å². The number of anilines is 1. The first-order valence-electron chi connectivity index (χ1n) is 6.64. The van der Waals surface area contributed by atoms with Gasteiger partial charge in [0.1, 0.15) is 0 Å². The van der Waals surface area contributed by atoms with Gasteiger partial charge in [-0.05, 0) is 35.9 Å². The number of halogens is 4. The lowest BCUT2D eigenvalue weighted by molar-refractivity contribution is -0.137. The van der Waals surface area contributed by atoms with Crippen LogP contribution in [0.2, 0.25) is 5.02 Å². The van der Waals surface area contributed by atoms with Gasteiger partial charge < -0.3 is 5.32 Å². The van der Waals surface area contributed by atoms with E-state index in [1.807, 2.05) is 12.1 Å². The molecule has 0 aliphatic carbocycles. The lowest BCUT2D eigenvalue weighted by Gasteiger charge is -2.09.